The standard InChI is InChI=1S/C19H19F3N2OS/c1-12-6-7-16(13(2)10-12)17-24(8-9-26-17)18(25)23-15-5-3-4-14(11-15)19(20,21)22/h3-7,10-11,17H,8-9H2,1-2H3,(H,23,25)/t17-/m1/s1. The third-order valence-corrected chi connectivity index (χ3v) is 5.53. The van der Waals surface area contributed by atoms with Gasteiger partial charge < -0.3 is 10.2 Å². The fraction of sp³-hybridized carbons (Fsp3) is 0.316. The van der Waals surface area contributed by atoms with Gasteiger partial charge in [-0.25, -0.2) is 4.79 Å². The van der Waals surface area contributed by atoms with E-state index in [-0.39, 0.29) is 17.1 Å². The van der Waals surface area contributed by atoms with Crippen LogP contribution >= 0.6 is 11.8 Å². The lowest BCUT2D eigenvalue weighted by Gasteiger charge is -2.26. The topological polar surface area (TPSA) is 32.3 Å². The van der Waals surface area contributed by atoms with Gasteiger partial charge in [-0.3, -0.25) is 0 Å². The first-order valence-electron chi connectivity index (χ1n) is 8.19. The maximum atomic E-state index is 12.8. The van der Waals surface area contributed by atoms with Crippen LogP contribution in [-0.4, -0.2) is 23.2 Å². The molecule has 1 fully saturated rings. The zero-order chi connectivity index (χ0) is 18.9. The fourth-order valence-electron chi connectivity index (χ4n) is 3.01. The summed E-state index contributed by atoms with van der Waals surface area (Å²) in [4.78, 5) is 14.3. The van der Waals surface area contributed by atoms with Crippen LogP contribution in [0.3, 0.4) is 0 Å². The number of benzene rings is 2. The van der Waals surface area contributed by atoms with E-state index < -0.39 is 11.7 Å². The number of alkyl halides is 3. The Balaban J connectivity index is 1.79. The molecule has 7 heteroatoms. The van der Waals surface area contributed by atoms with Crippen molar-refractivity contribution < 1.29 is 18.0 Å². The lowest BCUT2D eigenvalue weighted by molar-refractivity contribution is -0.137. The predicted molar refractivity (Wildman–Crippen MR) is 98.3 cm³/mol. The molecule has 3 nitrogen and oxygen atoms in total. The zero-order valence-electron chi connectivity index (χ0n) is 14.4. The first-order valence-corrected chi connectivity index (χ1v) is 9.24. The Kier molecular flexibility index (Phi) is 5.18. The number of amides is 2. The van der Waals surface area contributed by atoms with E-state index in [9.17, 15) is 18.0 Å². The molecule has 2 amide bonds. The molecular formula is C19H19F3N2OS. The normalized spacial score (nSPS) is 17.4. The highest BCUT2D eigenvalue weighted by Gasteiger charge is 2.33. The summed E-state index contributed by atoms with van der Waals surface area (Å²) in [7, 11) is 0. The van der Waals surface area contributed by atoms with Crippen LogP contribution in [0.4, 0.5) is 23.7 Å². The Bertz CT molecular complexity index is 823. The number of hydrogen-bond donors (Lipinski definition) is 1. The van der Waals surface area contributed by atoms with Gasteiger partial charge in [-0.15, -0.1) is 11.8 Å². The average Bonchev–Trinajstić information content (AvgIpc) is 3.04. The minimum atomic E-state index is -4.44. The molecule has 26 heavy (non-hydrogen) atoms. The van der Waals surface area contributed by atoms with Crippen molar-refractivity contribution >= 4 is 23.5 Å². The van der Waals surface area contributed by atoms with Gasteiger partial charge in [0.1, 0.15) is 5.37 Å². The maximum Gasteiger partial charge on any atom is 0.416 e. The van der Waals surface area contributed by atoms with Crippen molar-refractivity contribution in [2.45, 2.75) is 25.4 Å². The van der Waals surface area contributed by atoms with E-state index in [0.717, 1.165) is 34.6 Å². The van der Waals surface area contributed by atoms with Crippen molar-refractivity contribution in [3.8, 4) is 0 Å². The molecule has 1 N–H and O–H groups in total. The van der Waals surface area contributed by atoms with Gasteiger partial charge in [0.25, 0.3) is 0 Å². The van der Waals surface area contributed by atoms with Crippen molar-refractivity contribution in [2.24, 2.45) is 0 Å². The number of hydrogen-bond acceptors (Lipinski definition) is 2. The molecular weight excluding hydrogens is 361 g/mol. The van der Waals surface area contributed by atoms with Crippen molar-refractivity contribution in [2.75, 3.05) is 17.6 Å². The van der Waals surface area contributed by atoms with Gasteiger partial charge in [-0.05, 0) is 43.2 Å². The number of urea groups is 1. The van der Waals surface area contributed by atoms with E-state index in [1.54, 1.807) is 16.7 Å². The molecule has 1 saturated heterocycles. The lowest BCUT2D eigenvalue weighted by atomic mass is 10.1. The third kappa shape index (κ3) is 3.98. The van der Waals surface area contributed by atoms with E-state index in [1.165, 1.54) is 12.1 Å². The Labute approximate surface area is 154 Å². The highest BCUT2D eigenvalue weighted by Crippen LogP contribution is 2.40. The summed E-state index contributed by atoms with van der Waals surface area (Å²) in [5, 5.41) is 2.46. The molecule has 0 bridgehead atoms. The number of thioether (sulfide) groups is 1. The summed E-state index contributed by atoms with van der Waals surface area (Å²) in [5.41, 5.74) is 2.66. The SMILES string of the molecule is Cc1ccc([C@H]2SCCN2C(=O)Nc2cccc(C(F)(F)F)c2)c(C)c1. The van der Waals surface area contributed by atoms with Crippen LogP contribution in [0.5, 0.6) is 0 Å². The van der Waals surface area contributed by atoms with Gasteiger partial charge in [-0.2, -0.15) is 13.2 Å². The molecule has 0 radical (unpaired) electrons. The van der Waals surface area contributed by atoms with Crippen molar-refractivity contribution in [3.63, 3.8) is 0 Å². The van der Waals surface area contributed by atoms with Gasteiger partial charge in [0, 0.05) is 18.0 Å². The number of rotatable bonds is 2. The molecule has 0 aromatic heterocycles. The summed E-state index contributed by atoms with van der Waals surface area (Å²) in [6.07, 6.45) is -4.44. The maximum absolute atomic E-state index is 12.8. The molecule has 1 heterocycles. The van der Waals surface area contributed by atoms with Crippen LogP contribution in [0.15, 0.2) is 42.5 Å². The van der Waals surface area contributed by atoms with Crippen LogP contribution in [0.25, 0.3) is 0 Å². The van der Waals surface area contributed by atoms with E-state index in [2.05, 4.69) is 11.4 Å². The summed E-state index contributed by atoms with van der Waals surface area (Å²) < 4.78 is 38.5. The summed E-state index contributed by atoms with van der Waals surface area (Å²) in [6, 6.07) is 10.4. The van der Waals surface area contributed by atoms with Gasteiger partial charge in [0.2, 0.25) is 0 Å². The predicted octanol–water partition coefficient (Wildman–Crippen LogP) is 5.60. The molecule has 3 rings (SSSR count). The van der Waals surface area contributed by atoms with Crippen LogP contribution in [0.2, 0.25) is 0 Å². The van der Waals surface area contributed by atoms with Crippen LogP contribution < -0.4 is 5.32 Å². The Morgan fingerprint density at radius 2 is 1.96 bits per heavy atom. The molecule has 1 aliphatic heterocycles. The number of anilines is 1. The van der Waals surface area contributed by atoms with Crippen LogP contribution in [0.1, 0.15) is 27.6 Å². The number of halogens is 3. The van der Waals surface area contributed by atoms with E-state index in [0.29, 0.717) is 6.54 Å². The fourth-order valence-corrected chi connectivity index (χ4v) is 4.36. The molecule has 0 spiro atoms. The quantitative estimate of drug-likeness (QED) is 0.735. The third-order valence-electron chi connectivity index (χ3n) is 4.28. The minimum absolute atomic E-state index is 0.138. The second-order valence-corrected chi connectivity index (χ2v) is 7.47. The monoisotopic (exact) mass is 380 g/mol. The molecule has 1 atom stereocenters. The number of aryl methyl sites for hydroxylation is 2. The zero-order valence-corrected chi connectivity index (χ0v) is 15.2. The number of nitrogens with zero attached hydrogens (tertiary/aromatic N) is 1. The van der Waals surface area contributed by atoms with Crippen molar-refractivity contribution in [3.05, 3.63) is 64.7 Å². The Hall–Kier alpha value is -2.15. The van der Waals surface area contributed by atoms with Crippen molar-refractivity contribution in [1.29, 1.82) is 0 Å². The second kappa shape index (κ2) is 7.23. The van der Waals surface area contributed by atoms with E-state index in [4.69, 9.17) is 0 Å². The first kappa shape index (κ1) is 18.6. The summed E-state index contributed by atoms with van der Waals surface area (Å²) in [6.45, 7) is 4.56. The van der Waals surface area contributed by atoms with Crippen molar-refractivity contribution in [1.82, 2.24) is 4.90 Å². The number of carbonyl (C=O) groups is 1. The van der Waals surface area contributed by atoms with Gasteiger partial charge in [-0.1, -0.05) is 29.8 Å². The average molecular weight is 380 g/mol. The van der Waals surface area contributed by atoms with Crippen LogP contribution in [0, 0.1) is 13.8 Å². The van der Waals surface area contributed by atoms with E-state index >= 15 is 0 Å². The second-order valence-electron chi connectivity index (χ2n) is 6.29. The molecule has 0 saturated carbocycles. The highest BCUT2D eigenvalue weighted by atomic mass is 32.2. The van der Waals surface area contributed by atoms with Crippen LogP contribution in [-0.2, 0) is 6.18 Å². The lowest BCUT2D eigenvalue weighted by Crippen LogP contribution is -2.34. The largest absolute Gasteiger partial charge is 0.416 e. The van der Waals surface area contributed by atoms with Gasteiger partial charge in [0.15, 0.2) is 0 Å². The molecule has 1 aliphatic rings. The first-order chi connectivity index (χ1) is 12.3. The minimum Gasteiger partial charge on any atom is -0.308 e. The van der Waals surface area contributed by atoms with Gasteiger partial charge >= 0.3 is 12.2 Å². The molecule has 0 aliphatic carbocycles. The summed E-state index contributed by atoms with van der Waals surface area (Å²) >= 11 is 1.65. The Morgan fingerprint density at radius 1 is 1.19 bits per heavy atom. The molecule has 2 aromatic rings. The van der Waals surface area contributed by atoms with Gasteiger partial charge in [0.05, 0.1) is 5.56 Å². The summed E-state index contributed by atoms with van der Waals surface area (Å²) in [5.74, 6) is 0.786. The molecule has 2 aromatic carbocycles. The number of nitrogens with one attached hydrogen (secondary N) is 1. The Morgan fingerprint density at radius 3 is 2.65 bits per heavy atom. The smallest absolute Gasteiger partial charge is 0.308 e. The molecule has 0 unspecified atom stereocenters. The highest BCUT2D eigenvalue weighted by molar-refractivity contribution is 7.99. The molecule has 138 valence electrons. The van der Waals surface area contributed by atoms with E-state index in [1.807, 2.05) is 26.0 Å². The number of carbonyl (C=O) groups excluding carboxylic acids is 1.